The highest BCUT2D eigenvalue weighted by molar-refractivity contribution is 6.32. The zero-order valence-electron chi connectivity index (χ0n) is 17.4. The van der Waals surface area contributed by atoms with Crippen molar-refractivity contribution in [3.05, 3.63) is 87.6 Å². The largest absolute Gasteiger partial charge is 0.478 e. The summed E-state index contributed by atoms with van der Waals surface area (Å²) in [5.41, 5.74) is -0.160. The molecule has 0 bridgehead atoms. The number of rotatable bonds is 4. The molecule has 10 heteroatoms. The second-order valence-corrected chi connectivity index (χ2v) is 7.47. The molecule has 4 N–H and O–H groups in total. The molecular weight excluding hydrogens is 466 g/mol. The molecule has 0 radical (unpaired) electrons. The Kier molecular flexibility index (Phi) is 6.78. The fraction of sp³-hybridized carbons (Fsp3) is 0.0417. The van der Waals surface area contributed by atoms with E-state index in [0.717, 1.165) is 0 Å². The number of hydrogen-bond acceptors (Lipinski definition) is 5. The number of carbonyl (C=O) groups is 4. The first-order valence-electron chi connectivity index (χ1n) is 9.57. The van der Waals surface area contributed by atoms with Crippen molar-refractivity contribution in [1.29, 1.82) is 0 Å². The number of benzene rings is 3. The lowest BCUT2D eigenvalue weighted by molar-refractivity contribution is 0.0647. The number of carboxylic acids is 4. The van der Waals surface area contributed by atoms with Crippen molar-refractivity contribution in [2.45, 2.75) is 6.92 Å². The van der Waals surface area contributed by atoms with E-state index >= 15 is 0 Å². The minimum Gasteiger partial charge on any atom is -0.478 e. The van der Waals surface area contributed by atoms with E-state index in [1.165, 1.54) is 12.1 Å². The van der Waals surface area contributed by atoms with Crippen LogP contribution in [0.3, 0.4) is 0 Å². The fourth-order valence-corrected chi connectivity index (χ4v) is 3.52. The maximum absolute atomic E-state index is 11.1. The maximum atomic E-state index is 11.1. The lowest BCUT2D eigenvalue weighted by atomic mass is 9.99. The highest BCUT2D eigenvalue weighted by atomic mass is 35.5. The predicted octanol–water partition coefficient (Wildman–Crippen LogP) is 4.83. The number of aromatic carboxylic acids is 4. The van der Waals surface area contributed by atoms with Gasteiger partial charge in [-0.1, -0.05) is 48.0 Å². The summed E-state index contributed by atoms with van der Waals surface area (Å²) in [6.07, 6.45) is 0. The topological polar surface area (TPSA) is 162 Å². The van der Waals surface area contributed by atoms with Gasteiger partial charge in [0.1, 0.15) is 0 Å². The minimum absolute atomic E-state index is 0.161. The highest BCUT2D eigenvalue weighted by Gasteiger charge is 2.20. The molecule has 1 heterocycles. The van der Waals surface area contributed by atoms with Crippen LogP contribution in [-0.2, 0) is 0 Å². The number of pyridine rings is 1. The molecule has 1 aromatic heterocycles. The first-order valence-corrected chi connectivity index (χ1v) is 9.95. The summed E-state index contributed by atoms with van der Waals surface area (Å²) >= 11 is 5.92. The first-order chi connectivity index (χ1) is 16.0. The molecule has 0 unspecified atom stereocenters. The molecule has 0 aliphatic rings. The van der Waals surface area contributed by atoms with Gasteiger partial charge >= 0.3 is 23.9 Å². The van der Waals surface area contributed by atoms with Crippen LogP contribution in [0.2, 0.25) is 5.02 Å². The van der Waals surface area contributed by atoms with Gasteiger partial charge in [-0.25, -0.2) is 24.2 Å². The van der Waals surface area contributed by atoms with E-state index < -0.39 is 29.6 Å². The van der Waals surface area contributed by atoms with Gasteiger partial charge in [0.15, 0.2) is 5.69 Å². The summed E-state index contributed by atoms with van der Waals surface area (Å²) in [7, 11) is 0. The molecule has 0 spiro atoms. The number of fused-ring (bicyclic) bond motifs is 2. The van der Waals surface area contributed by atoms with E-state index in [-0.39, 0.29) is 16.7 Å². The number of aromatic nitrogens is 1. The maximum Gasteiger partial charge on any atom is 0.355 e. The third kappa shape index (κ3) is 4.64. The van der Waals surface area contributed by atoms with Crippen LogP contribution < -0.4 is 0 Å². The van der Waals surface area contributed by atoms with Crippen molar-refractivity contribution < 1.29 is 39.6 Å². The van der Waals surface area contributed by atoms with Crippen LogP contribution in [0.15, 0.2) is 54.6 Å². The Hall–Kier alpha value is -4.50. The number of hydrogen-bond donors (Lipinski definition) is 4. The average molecular weight is 482 g/mol. The quantitative estimate of drug-likeness (QED) is 0.319. The summed E-state index contributed by atoms with van der Waals surface area (Å²) in [5, 5.41) is 38.1. The predicted molar refractivity (Wildman–Crippen MR) is 123 cm³/mol. The molecule has 172 valence electrons. The van der Waals surface area contributed by atoms with Crippen molar-refractivity contribution in [3.8, 4) is 0 Å². The van der Waals surface area contributed by atoms with Crippen LogP contribution >= 0.6 is 11.6 Å². The van der Waals surface area contributed by atoms with Crippen molar-refractivity contribution >= 4 is 57.2 Å². The minimum atomic E-state index is -1.38. The molecule has 9 nitrogen and oxygen atoms in total. The van der Waals surface area contributed by atoms with E-state index in [1.807, 2.05) is 0 Å². The number of halogens is 1. The van der Waals surface area contributed by atoms with Crippen LogP contribution in [0.1, 0.15) is 47.1 Å². The summed E-state index contributed by atoms with van der Waals surface area (Å²) in [6.45, 7) is 1.70. The molecule has 0 aliphatic heterocycles. The molecule has 0 fully saturated rings. The Morgan fingerprint density at radius 2 is 1.35 bits per heavy atom. The van der Waals surface area contributed by atoms with Crippen molar-refractivity contribution in [2.24, 2.45) is 0 Å². The van der Waals surface area contributed by atoms with Gasteiger partial charge < -0.3 is 20.4 Å². The lowest BCUT2D eigenvalue weighted by Gasteiger charge is -2.07. The lowest BCUT2D eigenvalue weighted by Crippen LogP contribution is -2.11. The molecule has 3 aromatic carbocycles. The normalized spacial score (nSPS) is 10.4. The van der Waals surface area contributed by atoms with Gasteiger partial charge in [-0.05, 0) is 41.5 Å². The van der Waals surface area contributed by atoms with Gasteiger partial charge in [-0.3, -0.25) is 0 Å². The molecule has 4 rings (SSSR count). The zero-order chi connectivity index (χ0) is 25.2. The van der Waals surface area contributed by atoms with Gasteiger partial charge in [0.25, 0.3) is 0 Å². The summed E-state index contributed by atoms with van der Waals surface area (Å²) in [5.74, 6) is -5.17. The third-order valence-corrected chi connectivity index (χ3v) is 5.39. The average Bonchev–Trinajstić information content (AvgIpc) is 2.80. The van der Waals surface area contributed by atoms with E-state index in [0.29, 0.717) is 32.3 Å². The van der Waals surface area contributed by atoms with E-state index in [2.05, 4.69) is 4.98 Å². The molecule has 0 atom stereocenters. The Bertz CT molecular complexity index is 1500. The van der Waals surface area contributed by atoms with Crippen molar-refractivity contribution in [2.75, 3.05) is 0 Å². The number of aryl methyl sites for hydroxylation is 1. The van der Waals surface area contributed by atoms with Gasteiger partial charge in [0, 0.05) is 10.4 Å². The van der Waals surface area contributed by atoms with Crippen molar-refractivity contribution in [1.82, 2.24) is 4.98 Å². The van der Waals surface area contributed by atoms with E-state index in [4.69, 9.17) is 32.0 Å². The van der Waals surface area contributed by atoms with Crippen LogP contribution in [0.25, 0.3) is 21.7 Å². The standard InChI is InChI=1S/C12H8ClNO4.C12H8O4/c1-5-8(13)3-2-6-4-7(11(15)16)10(12(17)18)14-9(5)6;13-11(14)9-6-5-7-3-1-2-4-8(7)10(9)12(15)16/h2-4H,1H3,(H,15,16)(H,17,18);1-6H,(H,13,14)(H,15,16). The Morgan fingerprint density at radius 1 is 0.735 bits per heavy atom. The fourth-order valence-electron chi connectivity index (χ4n) is 3.36. The molecule has 0 saturated carbocycles. The first kappa shape index (κ1) is 24.1. The van der Waals surface area contributed by atoms with Gasteiger partial charge in [-0.2, -0.15) is 0 Å². The number of nitrogens with zero attached hydrogens (tertiary/aromatic N) is 1. The SMILES string of the molecule is Cc1c(Cl)ccc2cc(C(=O)O)c(C(=O)O)nc12.O=C(O)c1ccc2ccccc2c1C(=O)O. The van der Waals surface area contributed by atoms with Crippen LogP contribution in [0.5, 0.6) is 0 Å². The van der Waals surface area contributed by atoms with Gasteiger partial charge in [0.05, 0.1) is 22.2 Å². The molecular formula is C24H16ClNO8. The smallest absolute Gasteiger partial charge is 0.355 e. The Balaban J connectivity index is 0.000000192. The summed E-state index contributed by atoms with van der Waals surface area (Å²) in [4.78, 5) is 47.9. The summed E-state index contributed by atoms with van der Waals surface area (Å²) < 4.78 is 0. The van der Waals surface area contributed by atoms with Crippen LogP contribution in [-0.4, -0.2) is 49.3 Å². The second-order valence-electron chi connectivity index (χ2n) is 7.06. The molecule has 4 aromatic rings. The van der Waals surface area contributed by atoms with E-state index in [9.17, 15) is 19.2 Å². The molecule has 0 amide bonds. The Morgan fingerprint density at radius 3 is 1.94 bits per heavy atom. The van der Waals surface area contributed by atoms with E-state index in [1.54, 1.807) is 49.4 Å². The van der Waals surface area contributed by atoms with Crippen LogP contribution in [0, 0.1) is 6.92 Å². The molecule has 0 aliphatic carbocycles. The summed E-state index contributed by atoms with van der Waals surface area (Å²) in [6, 6.07) is 14.2. The van der Waals surface area contributed by atoms with Crippen LogP contribution in [0.4, 0.5) is 0 Å². The third-order valence-electron chi connectivity index (χ3n) is 4.98. The highest BCUT2D eigenvalue weighted by Crippen LogP contribution is 2.26. The monoisotopic (exact) mass is 481 g/mol. The van der Waals surface area contributed by atoms with Crippen molar-refractivity contribution in [3.63, 3.8) is 0 Å². The second kappa shape index (κ2) is 9.55. The zero-order valence-corrected chi connectivity index (χ0v) is 18.2. The molecule has 0 saturated heterocycles. The van der Waals surface area contributed by atoms with Gasteiger partial charge in [-0.15, -0.1) is 0 Å². The molecule has 34 heavy (non-hydrogen) atoms. The Labute approximate surface area is 196 Å². The number of carboxylic acid groups (broad SMARTS) is 4. The van der Waals surface area contributed by atoms with Gasteiger partial charge in [0.2, 0.25) is 0 Å².